The molecule has 0 fully saturated rings. The van der Waals surface area contributed by atoms with Crippen molar-refractivity contribution in [2.24, 2.45) is 0 Å². The van der Waals surface area contributed by atoms with E-state index in [4.69, 9.17) is 9.47 Å². The molecule has 1 aromatic rings. The molecule has 0 saturated carbocycles. The largest absolute Gasteiger partial charge is 0.466 e. The molecule has 2 unspecified atom stereocenters. The Morgan fingerprint density at radius 3 is 2.46 bits per heavy atom. The summed E-state index contributed by atoms with van der Waals surface area (Å²) in [6.07, 6.45) is 2.31. The number of carbonyl (C=O) groups is 4. The lowest BCUT2D eigenvalue weighted by atomic mass is 10.00. The number of esters is 1. The van der Waals surface area contributed by atoms with E-state index >= 15 is 0 Å². The molecule has 1 aromatic carbocycles. The third kappa shape index (κ3) is 11.3. The molecule has 0 spiro atoms. The van der Waals surface area contributed by atoms with Gasteiger partial charge in [-0.05, 0) is 51.3 Å². The molecule has 0 saturated heterocycles. The van der Waals surface area contributed by atoms with Gasteiger partial charge in [0.1, 0.15) is 17.7 Å². The van der Waals surface area contributed by atoms with Crippen LogP contribution in [0.15, 0.2) is 30.8 Å². The van der Waals surface area contributed by atoms with Crippen LogP contribution in [0.5, 0.6) is 0 Å². The van der Waals surface area contributed by atoms with Crippen molar-refractivity contribution in [3.63, 3.8) is 0 Å². The molecule has 2 N–H and O–H groups in total. The molecule has 206 valence electrons. The average Bonchev–Trinajstić information content (AvgIpc) is 2.83. The van der Waals surface area contributed by atoms with Crippen LogP contribution in [0.2, 0.25) is 0 Å². The Labute approximate surface area is 225 Å². The van der Waals surface area contributed by atoms with E-state index in [9.17, 15) is 19.2 Å². The maximum absolute atomic E-state index is 13.8. The lowest BCUT2D eigenvalue weighted by Crippen LogP contribution is -2.54. The zero-order valence-electron chi connectivity index (χ0n) is 22.5. The van der Waals surface area contributed by atoms with Crippen LogP contribution < -0.4 is 10.6 Å². The number of benzene rings is 1. The minimum atomic E-state index is -1.02. The van der Waals surface area contributed by atoms with Crippen LogP contribution in [0.25, 0.3) is 6.08 Å². The van der Waals surface area contributed by atoms with Crippen LogP contribution in [0.4, 0.5) is 4.79 Å². The zero-order chi connectivity index (χ0) is 28.0. The number of rotatable bonds is 14. The van der Waals surface area contributed by atoms with Gasteiger partial charge in [0.05, 0.1) is 13.0 Å². The van der Waals surface area contributed by atoms with Gasteiger partial charge in [0.2, 0.25) is 11.8 Å². The Balaban J connectivity index is 3.34. The number of thiol groups is 1. The molecular weight excluding hydrogens is 494 g/mol. The molecule has 3 amide bonds. The van der Waals surface area contributed by atoms with Crippen LogP contribution >= 0.6 is 12.6 Å². The lowest BCUT2D eigenvalue weighted by molar-refractivity contribution is -0.144. The summed E-state index contributed by atoms with van der Waals surface area (Å²) in [5, 5.41) is 5.34. The second kappa shape index (κ2) is 16.0. The molecule has 9 nitrogen and oxygen atoms in total. The number of nitrogens with zero attached hydrogens (tertiary/aromatic N) is 1. The van der Waals surface area contributed by atoms with Crippen molar-refractivity contribution in [3.05, 3.63) is 42.0 Å². The maximum atomic E-state index is 13.8. The topological polar surface area (TPSA) is 114 Å². The van der Waals surface area contributed by atoms with E-state index in [0.29, 0.717) is 12.0 Å². The molecular formula is C27H41N3O6S. The zero-order valence-corrected chi connectivity index (χ0v) is 23.4. The number of ether oxygens (including phenoxy) is 2. The predicted octanol–water partition coefficient (Wildman–Crippen LogP) is 3.89. The van der Waals surface area contributed by atoms with Crippen molar-refractivity contribution >= 4 is 42.6 Å². The average molecular weight is 536 g/mol. The van der Waals surface area contributed by atoms with E-state index in [-0.39, 0.29) is 31.9 Å². The van der Waals surface area contributed by atoms with E-state index in [1.165, 1.54) is 4.90 Å². The second-order valence-electron chi connectivity index (χ2n) is 9.39. The lowest BCUT2D eigenvalue weighted by Gasteiger charge is -2.34. The Morgan fingerprint density at radius 1 is 1.19 bits per heavy atom. The van der Waals surface area contributed by atoms with Gasteiger partial charge in [-0.1, -0.05) is 44.2 Å². The van der Waals surface area contributed by atoms with Gasteiger partial charge in [0, 0.05) is 18.8 Å². The molecule has 10 heteroatoms. The first-order valence-corrected chi connectivity index (χ1v) is 13.2. The van der Waals surface area contributed by atoms with Crippen molar-refractivity contribution in [3.8, 4) is 0 Å². The molecule has 0 aliphatic carbocycles. The summed E-state index contributed by atoms with van der Waals surface area (Å²) in [5.41, 5.74) is 0.607. The molecule has 0 aromatic heterocycles. The van der Waals surface area contributed by atoms with E-state index in [2.05, 4.69) is 29.8 Å². The monoisotopic (exact) mass is 535 g/mol. The Bertz CT molecular complexity index is 931. The van der Waals surface area contributed by atoms with Crippen LogP contribution in [0.1, 0.15) is 71.0 Å². The fourth-order valence-corrected chi connectivity index (χ4v) is 3.72. The van der Waals surface area contributed by atoms with E-state index in [1.54, 1.807) is 52.0 Å². The molecule has 0 aliphatic heterocycles. The number of carbonyl (C=O) groups excluding carboxylic acids is 4. The third-order valence-corrected chi connectivity index (χ3v) is 5.53. The first kappa shape index (κ1) is 32.0. The van der Waals surface area contributed by atoms with Crippen molar-refractivity contribution < 1.29 is 28.7 Å². The summed E-state index contributed by atoms with van der Waals surface area (Å²) in [7, 11) is 0. The van der Waals surface area contributed by atoms with Gasteiger partial charge in [-0.3, -0.25) is 14.4 Å². The molecule has 37 heavy (non-hydrogen) atoms. The summed E-state index contributed by atoms with van der Waals surface area (Å²) < 4.78 is 10.2. The minimum absolute atomic E-state index is 0.00136. The molecule has 1 rings (SSSR count). The van der Waals surface area contributed by atoms with Gasteiger partial charge in [-0.2, -0.15) is 12.6 Å². The number of alkyl carbamates (subject to hydrolysis) is 1. The minimum Gasteiger partial charge on any atom is -0.466 e. The summed E-state index contributed by atoms with van der Waals surface area (Å²) >= 11 is 4.28. The van der Waals surface area contributed by atoms with Gasteiger partial charge in [0.25, 0.3) is 0 Å². The van der Waals surface area contributed by atoms with Crippen molar-refractivity contribution in [2.75, 3.05) is 25.4 Å². The van der Waals surface area contributed by atoms with Crippen LogP contribution in [-0.4, -0.2) is 65.9 Å². The smallest absolute Gasteiger partial charge is 0.408 e. The SMILES string of the molecule is C=Cc1cccc(C(C(=O)NCCC(=O)OCC)N(CCCC)C(=O)C(CS)NC(=O)OC(C)(C)C)c1. The van der Waals surface area contributed by atoms with Crippen LogP contribution in [-0.2, 0) is 23.9 Å². The molecule has 0 bridgehead atoms. The van der Waals surface area contributed by atoms with Crippen molar-refractivity contribution in [1.29, 1.82) is 0 Å². The number of hydrogen-bond donors (Lipinski definition) is 3. The highest BCUT2D eigenvalue weighted by Crippen LogP contribution is 2.25. The molecule has 0 aliphatic rings. The van der Waals surface area contributed by atoms with E-state index in [1.807, 2.05) is 13.0 Å². The fraction of sp³-hybridized carbons (Fsp3) is 0.556. The van der Waals surface area contributed by atoms with Crippen molar-refractivity contribution in [2.45, 2.75) is 71.6 Å². The highest BCUT2D eigenvalue weighted by atomic mass is 32.1. The highest BCUT2D eigenvalue weighted by molar-refractivity contribution is 7.80. The second-order valence-corrected chi connectivity index (χ2v) is 9.75. The first-order valence-electron chi connectivity index (χ1n) is 12.5. The highest BCUT2D eigenvalue weighted by Gasteiger charge is 2.35. The standard InChI is InChI=1S/C27H41N3O6S/c1-7-10-16-30(25(33)21(18-37)29-26(34)36-27(4,5)6)23(20-13-11-12-19(8-2)17-20)24(32)28-15-14-22(31)35-9-3/h8,11-13,17,21,23,37H,2,7,9-10,14-16,18H2,1,3-6H3,(H,28,32)(H,29,34). The normalized spacial score (nSPS) is 12.6. The summed E-state index contributed by atoms with van der Waals surface area (Å²) in [4.78, 5) is 52.9. The van der Waals surface area contributed by atoms with Crippen molar-refractivity contribution in [1.82, 2.24) is 15.5 Å². The van der Waals surface area contributed by atoms with Gasteiger partial charge in [-0.15, -0.1) is 0 Å². The Morgan fingerprint density at radius 2 is 1.89 bits per heavy atom. The molecule has 0 heterocycles. The van der Waals surface area contributed by atoms with Gasteiger partial charge < -0.3 is 25.0 Å². The maximum Gasteiger partial charge on any atom is 0.408 e. The number of unbranched alkanes of at least 4 members (excludes halogenated alkanes) is 1. The predicted molar refractivity (Wildman–Crippen MR) is 147 cm³/mol. The van der Waals surface area contributed by atoms with E-state index < -0.39 is 41.6 Å². The van der Waals surface area contributed by atoms with Gasteiger partial charge in [0.15, 0.2) is 0 Å². The van der Waals surface area contributed by atoms with Gasteiger partial charge in [-0.25, -0.2) is 4.79 Å². The number of amides is 3. The Kier molecular flexibility index (Phi) is 13.8. The van der Waals surface area contributed by atoms with E-state index in [0.717, 1.165) is 12.0 Å². The Hall–Kier alpha value is -3.01. The quantitative estimate of drug-likeness (QED) is 0.246. The van der Waals surface area contributed by atoms with Crippen LogP contribution in [0.3, 0.4) is 0 Å². The summed E-state index contributed by atoms with van der Waals surface area (Å²) in [5.74, 6) is -1.34. The molecule has 0 radical (unpaired) electrons. The van der Waals surface area contributed by atoms with Gasteiger partial charge >= 0.3 is 12.1 Å². The molecule has 2 atom stereocenters. The number of nitrogens with one attached hydrogen (secondary N) is 2. The first-order chi connectivity index (χ1) is 17.5. The summed E-state index contributed by atoms with van der Waals surface area (Å²) in [6.45, 7) is 13.2. The third-order valence-electron chi connectivity index (χ3n) is 5.16. The fourth-order valence-electron chi connectivity index (χ4n) is 3.48. The number of hydrogen-bond acceptors (Lipinski definition) is 7. The van der Waals surface area contributed by atoms with Crippen LogP contribution in [0, 0.1) is 0 Å². The summed E-state index contributed by atoms with van der Waals surface area (Å²) in [6, 6.07) is 5.13.